The second kappa shape index (κ2) is 7.05. The van der Waals surface area contributed by atoms with Crippen LogP contribution in [0, 0.1) is 5.82 Å². The average Bonchev–Trinajstić information content (AvgIpc) is 3.21. The van der Waals surface area contributed by atoms with E-state index in [2.05, 4.69) is 10.3 Å². The molecule has 0 amide bonds. The molecule has 1 aromatic heterocycles. The van der Waals surface area contributed by atoms with Gasteiger partial charge in [-0.15, -0.1) is 5.10 Å². The highest BCUT2D eigenvalue weighted by molar-refractivity contribution is 5.90. The lowest BCUT2D eigenvalue weighted by atomic mass is 10.0. The molecule has 0 spiro atoms. The number of hydrogen-bond acceptors (Lipinski definition) is 5. The minimum Gasteiger partial charge on any atom is -0.457 e. The van der Waals surface area contributed by atoms with Crippen LogP contribution in [0.4, 0.5) is 4.39 Å². The molecule has 1 aliphatic heterocycles. The number of halogens is 1. The van der Waals surface area contributed by atoms with Crippen LogP contribution in [0.5, 0.6) is 0 Å². The fourth-order valence-electron chi connectivity index (χ4n) is 2.89. The Morgan fingerprint density at radius 1 is 1.23 bits per heavy atom. The molecule has 4 rings (SSSR count). The Bertz CT molecular complexity index is 941. The molecule has 6 nitrogen and oxygen atoms in total. The first-order valence-electron chi connectivity index (χ1n) is 8.22. The summed E-state index contributed by atoms with van der Waals surface area (Å²) in [7, 11) is 0. The van der Waals surface area contributed by atoms with Crippen molar-refractivity contribution < 1.29 is 18.7 Å². The number of hydrogen-bond donors (Lipinski definition) is 0. The molecule has 7 heteroatoms. The van der Waals surface area contributed by atoms with E-state index in [1.165, 1.54) is 34.6 Å². The van der Waals surface area contributed by atoms with Gasteiger partial charge in [-0.3, -0.25) is 0 Å². The predicted molar refractivity (Wildman–Crippen MR) is 90.2 cm³/mol. The monoisotopic (exact) mass is 353 g/mol. The van der Waals surface area contributed by atoms with E-state index < -0.39 is 11.8 Å². The van der Waals surface area contributed by atoms with Crippen LogP contribution in [-0.2, 0) is 29.1 Å². The normalized spacial score (nSPS) is 13.3. The molecule has 26 heavy (non-hydrogen) atoms. The van der Waals surface area contributed by atoms with Crippen LogP contribution in [0.3, 0.4) is 0 Å². The van der Waals surface area contributed by atoms with E-state index in [0.29, 0.717) is 18.9 Å². The molecule has 132 valence electrons. The van der Waals surface area contributed by atoms with Gasteiger partial charge in [0.2, 0.25) is 0 Å². The van der Waals surface area contributed by atoms with Crippen LogP contribution in [0.1, 0.15) is 27.0 Å². The van der Waals surface area contributed by atoms with Crippen molar-refractivity contribution in [2.45, 2.75) is 19.6 Å². The van der Waals surface area contributed by atoms with Crippen molar-refractivity contribution in [3.63, 3.8) is 0 Å². The molecule has 0 saturated heterocycles. The standard InChI is InChI=1S/C19H16FN3O3/c20-18-4-3-16(23-7-6-21-22-23)10-17(18)19(24)26-11-13-1-2-15-12-25-8-5-14(15)9-13/h1-4,6-7,9-10H,5,8,11-12H2. The number of aromatic nitrogens is 3. The van der Waals surface area contributed by atoms with E-state index in [1.54, 1.807) is 6.20 Å². The summed E-state index contributed by atoms with van der Waals surface area (Å²) < 4.78 is 26.2. The van der Waals surface area contributed by atoms with Gasteiger partial charge in [0.05, 0.1) is 36.9 Å². The number of carbonyl (C=O) groups is 1. The number of esters is 1. The van der Waals surface area contributed by atoms with E-state index in [1.807, 2.05) is 18.2 Å². The van der Waals surface area contributed by atoms with Crippen LogP contribution in [-0.4, -0.2) is 27.6 Å². The molecular formula is C19H16FN3O3. The van der Waals surface area contributed by atoms with Crippen molar-refractivity contribution in [2.24, 2.45) is 0 Å². The van der Waals surface area contributed by atoms with Gasteiger partial charge in [-0.05, 0) is 41.3 Å². The van der Waals surface area contributed by atoms with Gasteiger partial charge >= 0.3 is 5.97 Å². The number of rotatable bonds is 4. The van der Waals surface area contributed by atoms with Gasteiger partial charge < -0.3 is 9.47 Å². The second-order valence-corrected chi connectivity index (χ2v) is 5.99. The Morgan fingerprint density at radius 2 is 2.15 bits per heavy atom. The molecule has 1 aliphatic rings. The van der Waals surface area contributed by atoms with E-state index >= 15 is 0 Å². The number of nitrogens with zero attached hydrogens (tertiary/aromatic N) is 3. The van der Waals surface area contributed by atoms with E-state index in [0.717, 1.165) is 17.5 Å². The van der Waals surface area contributed by atoms with Gasteiger partial charge in [0, 0.05) is 0 Å². The maximum Gasteiger partial charge on any atom is 0.341 e. The molecule has 0 aliphatic carbocycles. The van der Waals surface area contributed by atoms with Gasteiger partial charge in [-0.2, -0.15) is 0 Å². The molecule has 0 atom stereocenters. The summed E-state index contributed by atoms with van der Waals surface area (Å²) >= 11 is 0. The zero-order valence-corrected chi connectivity index (χ0v) is 13.9. The largest absolute Gasteiger partial charge is 0.457 e. The van der Waals surface area contributed by atoms with Crippen molar-refractivity contribution in [3.05, 3.63) is 76.9 Å². The summed E-state index contributed by atoms with van der Waals surface area (Å²) in [6.07, 6.45) is 3.95. The van der Waals surface area contributed by atoms with Crippen molar-refractivity contribution >= 4 is 5.97 Å². The van der Waals surface area contributed by atoms with Crippen LogP contribution in [0.2, 0.25) is 0 Å². The molecule has 2 heterocycles. The first-order chi connectivity index (χ1) is 12.7. The maximum atomic E-state index is 14.1. The molecule has 0 radical (unpaired) electrons. The zero-order chi connectivity index (χ0) is 17.9. The number of benzene rings is 2. The highest BCUT2D eigenvalue weighted by Crippen LogP contribution is 2.20. The van der Waals surface area contributed by atoms with Gasteiger partial charge in [0.1, 0.15) is 12.4 Å². The third kappa shape index (κ3) is 3.34. The van der Waals surface area contributed by atoms with Gasteiger partial charge in [-0.25, -0.2) is 13.9 Å². The summed E-state index contributed by atoms with van der Waals surface area (Å²) in [6, 6.07) is 10.0. The zero-order valence-electron chi connectivity index (χ0n) is 13.9. The fourth-order valence-corrected chi connectivity index (χ4v) is 2.89. The van der Waals surface area contributed by atoms with Crippen LogP contribution >= 0.6 is 0 Å². The maximum absolute atomic E-state index is 14.1. The van der Waals surface area contributed by atoms with Crippen LogP contribution in [0.15, 0.2) is 48.8 Å². The fraction of sp³-hybridized carbons (Fsp3) is 0.211. The molecule has 2 aromatic carbocycles. The third-order valence-electron chi connectivity index (χ3n) is 4.27. The topological polar surface area (TPSA) is 66.2 Å². The summed E-state index contributed by atoms with van der Waals surface area (Å²) in [5.74, 6) is -1.35. The summed E-state index contributed by atoms with van der Waals surface area (Å²) in [5.41, 5.74) is 3.61. The summed E-state index contributed by atoms with van der Waals surface area (Å²) in [5, 5.41) is 7.53. The molecule has 3 aromatic rings. The van der Waals surface area contributed by atoms with Crippen LogP contribution in [0.25, 0.3) is 5.69 Å². The van der Waals surface area contributed by atoms with Crippen molar-refractivity contribution in [2.75, 3.05) is 6.61 Å². The van der Waals surface area contributed by atoms with Crippen molar-refractivity contribution in [1.29, 1.82) is 0 Å². The Kier molecular flexibility index (Phi) is 4.45. The SMILES string of the molecule is O=C(OCc1ccc2c(c1)CCOC2)c1cc(-n2ccnn2)ccc1F. The van der Waals surface area contributed by atoms with E-state index in [-0.39, 0.29) is 12.2 Å². The first kappa shape index (κ1) is 16.4. The molecule has 0 bridgehead atoms. The Hall–Kier alpha value is -3.06. The highest BCUT2D eigenvalue weighted by atomic mass is 19.1. The lowest BCUT2D eigenvalue weighted by molar-refractivity contribution is 0.0466. The Balaban J connectivity index is 1.49. The summed E-state index contributed by atoms with van der Waals surface area (Å²) in [4.78, 5) is 12.3. The quantitative estimate of drug-likeness (QED) is 0.675. The first-order valence-corrected chi connectivity index (χ1v) is 8.22. The van der Waals surface area contributed by atoms with Gasteiger partial charge in [-0.1, -0.05) is 23.4 Å². The van der Waals surface area contributed by atoms with Gasteiger partial charge in [0.15, 0.2) is 0 Å². The van der Waals surface area contributed by atoms with Crippen molar-refractivity contribution in [3.8, 4) is 5.69 Å². The number of fused-ring (bicyclic) bond motifs is 1. The highest BCUT2D eigenvalue weighted by Gasteiger charge is 2.16. The Morgan fingerprint density at radius 3 is 3.00 bits per heavy atom. The van der Waals surface area contributed by atoms with Crippen LogP contribution < -0.4 is 0 Å². The molecular weight excluding hydrogens is 337 g/mol. The van der Waals surface area contributed by atoms with E-state index in [4.69, 9.17) is 9.47 Å². The number of ether oxygens (including phenoxy) is 2. The average molecular weight is 353 g/mol. The summed E-state index contributed by atoms with van der Waals surface area (Å²) in [6.45, 7) is 1.38. The van der Waals surface area contributed by atoms with Crippen molar-refractivity contribution in [1.82, 2.24) is 15.0 Å². The molecule has 0 N–H and O–H groups in total. The lowest BCUT2D eigenvalue weighted by Crippen LogP contribution is -2.12. The predicted octanol–water partition coefficient (Wildman–Crippen LogP) is 2.84. The minimum absolute atomic E-state index is 0.0833. The smallest absolute Gasteiger partial charge is 0.341 e. The molecule has 0 fully saturated rings. The molecule has 0 unspecified atom stereocenters. The van der Waals surface area contributed by atoms with Gasteiger partial charge in [0.25, 0.3) is 0 Å². The lowest BCUT2D eigenvalue weighted by Gasteiger charge is -2.17. The minimum atomic E-state index is -0.717. The van der Waals surface area contributed by atoms with E-state index in [9.17, 15) is 9.18 Å². The number of carbonyl (C=O) groups excluding carboxylic acids is 1. The molecule has 0 saturated carbocycles. The third-order valence-corrected chi connectivity index (χ3v) is 4.27. The second-order valence-electron chi connectivity index (χ2n) is 5.99. The Labute approximate surface area is 149 Å².